The summed E-state index contributed by atoms with van der Waals surface area (Å²) in [6.07, 6.45) is 0.622. The Hall–Kier alpha value is -1.43. The van der Waals surface area contributed by atoms with Crippen LogP contribution in [0.4, 0.5) is 6.01 Å². The monoisotopic (exact) mass is 252 g/mol. The lowest BCUT2D eigenvalue weighted by Crippen LogP contribution is -2.08. The van der Waals surface area contributed by atoms with Crippen LogP contribution >= 0.6 is 11.3 Å². The first-order chi connectivity index (χ1) is 8.13. The van der Waals surface area contributed by atoms with Crippen molar-refractivity contribution in [1.82, 2.24) is 15.1 Å². The molecule has 0 unspecified atom stereocenters. The molecule has 0 atom stereocenters. The van der Waals surface area contributed by atoms with Crippen LogP contribution in [0.1, 0.15) is 30.4 Å². The molecule has 6 heteroatoms. The van der Waals surface area contributed by atoms with Gasteiger partial charge in [-0.15, -0.1) is 11.3 Å². The maximum Gasteiger partial charge on any atom is 0.321 e. The summed E-state index contributed by atoms with van der Waals surface area (Å²) in [6.45, 7) is 7.07. The molecule has 2 rings (SSSR count). The van der Waals surface area contributed by atoms with Crippen molar-refractivity contribution in [3.8, 4) is 0 Å². The molecular weight excluding hydrogens is 236 g/mol. The van der Waals surface area contributed by atoms with E-state index in [1.165, 1.54) is 0 Å². The number of hydrogen-bond acceptors (Lipinski definition) is 6. The van der Waals surface area contributed by atoms with Crippen molar-refractivity contribution < 1.29 is 4.52 Å². The molecule has 5 nitrogen and oxygen atoms in total. The highest BCUT2D eigenvalue weighted by molar-refractivity contribution is 7.09. The highest BCUT2D eigenvalue weighted by Gasteiger charge is 2.08. The maximum atomic E-state index is 5.10. The quantitative estimate of drug-likeness (QED) is 0.885. The third kappa shape index (κ3) is 3.52. The first-order valence-corrected chi connectivity index (χ1v) is 6.49. The second-order valence-electron chi connectivity index (χ2n) is 4.33. The molecule has 0 saturated carbocycles. The summed E-state index contributed by atoms with van der Waals surface area (Å²) in [4.78, 5) is 8.63. The topological polar surface area (TPSA) is 63.8 Å². The van der Waals surface area contributed by atoms with Crippen LogP contribution in [0.15, 0.2) is 9.90 Å². The zero-order valence-corrected chi connectivity index (χ0v) is 11.0. The third-order valence-electron chi connectivity index (χ3n) is 2.14. The number of thiazole rings is 1. The largest absolute Gasteiger partial charge is 0.338 e. The lowest BCUT2D eigenvalue weighted by Gasteiger charge is -2.02. The first kappa shape index (κ1) is 12.0. The molecule has 0 spiro atoms. The predicted octanol–water partition coefficient (Wildman–Crippen LogP) is 2.49. The summed E-state index contributed by atoms with van der Waals surface area (Å²) in [5.74, 6) is 1.22. The molecule has 0 fully saturated rings. The minimum absolute atomic E-state index is 0.487. The van der Waals surface area contributed by atoms with E-state index >= 15 is 0 Å². The fourth-order valence-corrected chi connectivity index (χ4v) is 1.95. The summed E-state index contributed by atoms with van der Waals surface area (Å²) in [7, 11) is 0. The van der Waals surface area contributed by atoms with E-state index in [9.17, 15) is 0 Å². The molecule has 17 heavy (non-hydrogen) atoms. The van der Waals surface area contributed by atoms with Gasteiger partial charge in [-0.25, -0.2) is 4.98 Å². The number of anilines is 1. The Balaban J connectivity index is 1.94. The Labute approximate surface area is 104 Å². The van der Waals surface area contributed by atoms with E-state index < -0.39 is 0 Å². The van der Waals surface area contributed by atoms with Gasteiger partial charge in [-0.3, -0.25) is 0 Å². The number of aromatic nitrogens is 3. The average Bonchev–Trinajstić information content (AvgIpc) is 2.86. The molecule has 0 aliphatic heterocycles. The fourth-order valence-electron chi connectivity index (χ4n) is 1.34. The number of nitrogens with one attached hydrogen (secondary N) is 1. The SMILES string of the molecule is Cc1nc(Cc2noc(NCC(C)C)n2)cs1. The van der Waals surface area contributed by atoms with Gasteiger partial charge in [0.15, 0.2) is 5.82 Å². The molecule has 2 aromatic heterocycles. The number of hydrogen-bond donors (Lipinski definition) is 1. The Morgan fingerprint density at radius 3 is 2.88 bits per heavy atom. The van der Waals surface area contributed by atoms with Gasteiger partial charge < -0.3 is 9.84 Å². The molecule has 0 radical (unpaired) electrons. The molecule has 92 valence electrons. The van der Waals surface area contributed by atoms with Crippen molar-refractivity contribution >= 4 is 17.4 Å². The Morgan fingerprint density at radius 1 is 1.41 bits per heavy atom. The zero-order valence-electron chi connectivity index (χ0n) is 10.2. The minimum Gasteiger partial charge on any atom is -0.338 e. The molecule has 0 aromatic carbocycles. The van der Waals surface area contributed by atoms with Crippen LogP contribution in [-0.2, 0) is 6.42 Å². The van der Waals surface area contributed by atoms with Crippen LogP contribution in [0.3, 0.4) is 0 Å². The van der Waals surface area contributed by atoms with Crippen molar-refractivity contribution in [3.63, 3.8) is 0 Å². The van der Waals surface area contributed by atoms with Gasteiger partial charge in [0.25, 0.3) is 0 Å². The van der Waals surface area contributed by atoms with Crippen LogP contribution < -0.4 is 5.32 Å². The Kier molecular flexibility index (Phi) is 3.73. The third-order valence-corrected chi connectivity index (χ3v) is 2.96. The lowest BCUT2D eigenvalue weighted by molar-refractivity contribution is 0.421. The van der Waals surface area contributed by atoms with Gasteiger partial charge in [0.05, 0.1) is 17.1 Å². The first-order valence-electron chi connectivity index (χ1n) is 5.61. The van der Waals surface area contributed by atoms with E-state index in [0.29, 0.717) is 24.2 Å². The fraction of sp³-hybridized carbons (Fsp3) is 0.545. The van der Waals surface area contributed by atoms with Gasteiger partial charge in [0.1, 0.15) is 0 Å². The number of nitrogens with zero attached hydrogens (tertiary/aromatic N) is 3. The molecule has 0 bridgehead atoms. The maximum absolute atomic E-state index is 5.10. The van der Waals surface area contributed by atoms with Gasteiger partial charge in [-0.2, -0.15) is 4.98 Å². The van der Waals surface area contributed by atoms with E-state index in [1.54, 1.807) is 11.3 Å². The van der Waals surface area contributed by atoms with Crippen molar-refractivity contribution in [3.05, 3.63) is 21.9 Å². The molecule has 2 aromatic rings. The molecule has 0 saturated heterocycles. The van der Waals surface area contributed by atoms with Gasteiger partial charge in [0, 0.05) is 11.9 Å². The Morgan fingerprint density at radius 2 is 2.24 bits per heavy atom. The molecule has 1 N–H and O–H groups in total. The summed E-state index contributed by atoms with van der Waals surface area (Å²) < 4.78 is 5.10. The second kappa shape index (κ2) is 5.27. The number of aryl methyl sites for hydroxylation is 1. The van der Waals surface area contributed by atoms with Gasteiger partial charge in [-0.05, 0) is 12.8 Å². The van der Waals surface area contributed by atoms with Crippen molar-refractivity contribution in [2.45, 2.75) is 27.2 Å². The summed E-state index contributed by atoms with van der Waals surface area (Å²) in [6, 6.07) is 0.487. The molecule has 2 heterocycles. The smallest absolute Gasteiger partial charge is 0.321 e. The van der Waals surface area contributed by atoms with E-state index in [4.69, 9.17) is 4.52 Å². The van der Waals surface area contributed by atoms with Crippen LogP contribution in [0, 0.1) is 12.8 Å². The van der Waals surface area contributed by atoms with Crippen molar-refractivity contribution in [1.29, 1.82) is 0 Å². The van der Waals surface area contributed by atoms with Crippen LogP contribution in [0.2, 0.25) is 0 Å². The summed E-state index contributed by atoms with van der Waals surface area (Å²) in [5, 5.41) is 10.1. The zero-order chi connectivity index (χ0) is 12.3. The molecule has 0 amide bonds. The van der Waals surface area contributed by atoms with Crippen LogP contribution in [-0.4, -0.2) is 21.7 Å². The van der Waals surface area contributed by atoms with E-state index in [0.717, 1.165) is 17.2 Å². The normalized spacial score (nSPS) is 11.1. The van der Waals surface area contributed by atoms with Crippen molar-refractivity contribution in [2.75, 3.05) is 11.9 Å². The van der Waals surface area contributed by atoms with E-state index in [2.05, 4.69) is 34.3 Å². The second-order valence-corrected chi connectivity index (χ2v) is 5.39. The highest BCUT2D eigenvalue weighted by atomic mass is 32.1. The summed E-state index contributed by atoms with van der Waals surface area (Å²) in [5.41, 5.74) is 0.990. The van der Waals surface area contributed by atoms with Gasteiger partial charge >= 0.3 is 6.01 Å². The predicted molar refractivity (Wildman–Crippen MR) is 67.3 cm³/mol. The van der Waals surface area contributed by atoms with Crippen molar-refractivity contribution in [2.24, 2.45) is 5.92 Å². The van der Waals surface area contributed by atoms with Gasteiger partial charge in [0.2, 0.25) is 0 Å². The number of rotatable bonds is 5. The van der Waals surface area contributed by atoms with Crippen LogP contribution in [0.5, 0.6) is 0 Å². The van der Waals surface area contributed by atoms with Gasteiger partial charge in [-0.1, -0.05) is 19.0 Å². The Bertz CT molecular complexity index is 477. The molecule has 0 aliphatic rings. The van der Waals surface area contributed by atoms with Crippen LogP contribution in [0.25, 0.3) is 0 Å². The summed E-state index contributed by atoms with van der Waals surface area (Å²) >= 11 is 1.63. The average molecular weight is 252 g/mol. The van der Waals surface area contributed by atoms with E-state index in [-0.39, 0.29) is 0 Å². The molecular formula is C11H16N4OS. The highest BCUT2D eigenvalue weighted by Crippen LogP contribution is 2.12. The minimum atomic E-state index is 0.487. The lowest BCUT2D eigenvalue weighted by atomic mass is 10.2. The molecule has 0 aliphatic carbocycles. The standard InChI is InChI=1S/C11H16N4OS/c1-7(2)5-12-11-14-10(15-16-11)4-9-6-17-8(3)13-9/h6-7H,4-5H2,1-3H3,(H,12,14,15). The van der Waals surface area contributed by atoms with E-state index in [1.807, 2.05) is 12.3 Å².